The van der Waals surface area contributed by atoms with E-state index < -0.39 is 22.2 Å². The van der Waals surface area contributed by atoms with Crippen LogP contribution in [0, 0.1) is 5.92 Å². The molecule has 0 bridgehead atoms. The molecule has 2 aromatic heterocycles. The fraction of sp³-hybridized carbons (Fsp3) is 0.263. The normalized spacial score (nSPS) is 20.5. The molecular formula is C19H16N2O4. The fourth-order valence-electron chi connectivity index (χ4n) is 3.70. The van der Waals surface area contributed by atoms with E-state index in [2.05, 4.69) is 0 Å². The summed E-state index contributed by atoms with van der Waals surface area (Å²) in [5.41, 5.74) is -0.672. The lowest BCUT2D eigenvalue weighted by Crippen LogP contribution is -2.32. The minimum atomic E-state index is -0.453. The maximum atomic E-state index is 12.8. The van der Waals surface area contributed by atoms with Crippen molar-refractivity contribution in [1.29, 1.82) is 0 Å². The van der Waals surface area contributed by atoms with Crippen molar-refractivity contribution in [2.45, 2.75) is 19.9 Å². The predicted molar refractivity (Wildman–Crippen MR) is 97.0 cm³/mol. The molecule has 126 valence electrons. The predicted octanol–water partition coefficient (Wildman–Crippen LogP) is 1.14. The molecule has 1 aromatic carbocycles. The van der Waals surface area contributed by atoms with E-state index in [-0.39, 0.29) is 33.5 Å². The van der Waals surface area contributed by atoms with E-state index in [0.29, 0.717) is 0 Å². The van der Waals surface area contributed by atoms with Crippen molar-refractivity contribution < 1.29 is 0 Å². The Morgan fingerprint density at radius 3 is 1.80 bits per heavy atom. The second-order valence-corrected chi connectivity index (χ2v) is 6.71. The highest BCUT2D eigenvalue weighted by Gasteiger charge is 2.25. The van der Waals surface area contributed by atoms with Gasteiger partial charge in [-0.05, 0) is 25.0 Å². The van der Waals surface area contributed by atoms with Crippen molar-refractivity contribution >= 4 is 21.5 Å². The van der Waals surface area contributed by atoms with Crippen LogP contribution in [0.2, 0.25) is 0 Å². The van der Waals surface area contributed by atoms with Crippen molar-refractivity contribution in [3.8, 4) is 0 Å². The van der Waals surface area contributed by atoms with Gasteiger partial charge in [0, 0.05) is 7.05 Å². The molecule has 6 nitrogen and oxygen atoms in total. The number of benzene rings is 1. The first-order valence-electron chi connectivity index (χ1n) is 8.06. The number of allylic oxidation sites excluding steroid dienone is 4. The van der Waals surface area contributed by atoms with Crippen molar-refractivity contribution in [2.24, 2.45) is 13.0 Å². The third-order valence-corrected chi connectivity index (χ3v) is 5.05. The smallest absolute Gasteiger partial charge is 0.262 e. The summed E-state index contributed by atoms with van der Waals surface area (Å²) < 4.78 is 2.22. The summed E-state index contributed by atoms with van der Waals surface area (Å²) in [6.07, 6.45) is 5.74. The second kappa shape index (κ2) is 4.99. The summed E-state index contributed by atoms with van der Waals surface area (Å²) >= 11 is 0. The van der Waals surface area contributed by atoms with Crippen LogP contribution in [0.25, 0.3) is 21.5 Å². The molecule has 4 rings (SSSR count). The Balaban J connectivity index is 2.08. The van der Waals surface area contributed by atoms with Crippen LogP contribution in [-0.2, 0) is 7.05 Å². The highest BCUT2D eigenvalue weighted by atomic mass is 16.2. The molecular weight excluding hydrogens is 320 g/mol. The Morgan fingerprint density at radius 2 is 1.32 bits per heavy atom. The van der Waals surface area contributed by atoms with E-state index in [0.717, 1.165) is 10.1 Å². The lowest BCUT2D eigenvalue weighted by Gasteiger charge is -2.22. The van der Waals surface area contributed by atoms with Crippen LogP contribution in [-0.4, -0.2) is 9.13 Å². The van der Waals surface area contributed by atoms with Crippen LogP contribution in [0.15, 0.2) is 55.1 Å². The molecule has 2 unspecified atom stereocenters. The van der Waals surface area contributed by atoms with Crippen LogP contribution < -0.4 is 22.2 Å². The van der Waals surface area contributed by atoms with Crippen molar-refractivity contribution in [2.75, 3.05) is 0 Å². The second-order valence-electron chi connectivity index (χ2n) is 6.71. The van der Waals surface area contributed by atoms with Gasteiger partial charge in [-0.25, -0.2) is 0 Å². The van der Waals surface area contributed by atoms with Crippen LogP contribution in [0.1, 0.15) is 19.9 Å². The van der Waals surface area contributed by atoms with E-state index in [1.807, 2.05) is 32.1 Å². The van der Waals surface area contributed by atoms with Crippen LogP contribution in [0.3, 0.4) is 0 Å². The lowest BCUT2D eigenvalue weighted by molar-refractivity contribution is 0.467. The molecule has 3 aromatic rings. The monoisotopic (exact) mass is 336 g/mol. The number of aromatic nitrogens is 2. The molecule has 1 aliphatic carbocycles. The van der Waals surface area contributed by atoms with Gasteiger partial charge in [0.1, 0.15) is 0 Å². The zero-order valence-corrected chi connectivity index (χ0v) is 14.1. The Labute approximate surface area is 141 Å². The Hall–Kier alpha value is -3.02. The van der Waals surface area contributed by atoms with E-state index in [9.17, 15) is 19.2 Å². The van der Waals surface area contributed by atoms with Gasteiger partial charge >= 0.3 is 0 Å². The first-order chi connectivity index (χ1) is 11.8. The third kappa shape index (κ3) is 1.97. The first kappa shape index (κ1) is 15.5. The fourth-order valence-corrected chi connectivity index (χ4v) is 3.70. The number of rotatable bonds is 1. The summed E-state index contributed by atoms with van der Waals surface area (Å²) in [6.45, 7) is 3.91. The van der Waals surface area contributed by atoms with Gasteiger partial charge in [0.25, 0.3) is 22.2 Å². The van der Waals surface area contributed by atoms with Gasteiger partial charge in [-0.3, -0.25) is 28.3 Å². The first-order valence-corrected chi connectivity index (χ1v) is 8.06. The van der Waals surface area contributed by atoms with Crippen LogP contribution in [0.4, 0.5) is 0 Å². The number of nitrogens with zero attached hydrogens (tertiary/aromatic N) is 2. The molecule has 2 heterocycles. The third-order valence-electron chi connectivity index (χ3n) is 5.05. The minimum Gasteiger partial charge on any atom is -0.277 e. The van der Waals surface area contributed by atoms with E-state index >= 15 is 0 Å². The molecule has 0 N–H and O–H groups in total. The SMILES string of the molecule is CC1=CC(C)C(n2c(=O)c3cc4c(=O)n(C)c(=O)c4cc3c2=O)C=C1. The van der Waals surface area contributed by atoms with Crippen LogP contribution >= 0.6 is 0 Å². The Morgan fingerprint density at radius 1 is 0.840 bits per heavy atom. The highest BCUT2D eigenvalue weighted by Crippen LogP contribution is 2.26. The molecule has 25 heavy (non-hydrogen) atoms. The molecule has 0 spiro atoms. The van der Waals surface area contributed by atoms with Crippen molar-refractivity contribution in [3.63, 3.8) is 0 Å². The standard InChI is InChI=1S/C19H16N2O4/c1-9-4-5-15(10(2)6-9)21-18(24)13-7-11-12(8-14(13)19(21)25)17(23)20(3)16(11)22/h4-8,10,15H,1-3H3. The number of fused-ring (bicyclic) bond motifs is 2. The summed E-state index contributed by atoms with van der Waals surface area (Å²) in [5, 5.41) is 0.730. The van der Waals surface area contributed by atoms with Crippen molar-refractivity contribution in [1.82, 2.24) is 9.13 Å². The Kier molecular flexibility index (Phi) is 3.09. The quantitative estimate of drug-likeness (QED) is 0.668. The molecule has 0 saturated carbocycles. The lowest BCUT2D eigenvalue weighted by atomic mass is 9.93. The maximum absolute atomic E-state index is 12.8. The summed E-state index contributed by atoms with van der Waals surface area (Å²) in [4.78, 5) is 50.0. The van der Waals surface area contributed by atoms with Gasteiger partial charge in [0.05, 0.1) is 27.6 Å². The molecule has 6 heteroatoms. The van der Waals surface area contributed by atoms with E-state index in [1.54, 1.807) is 0 Å². The van der Waals surface area contributed by atoms with Crippen molar-refractivity contribution in [3.05, 3.63) is 77.3 Å². The molecule has 2 atom stereocenters. The summed E-state index contributed by atoms with van der Waals surface area (Å²) in [7, 11) is 1.38. The van der Waals surface area contributed by atoms with E-state index in [1.165, 1.54) is 23.7 Å². The topological polar surface area (TPSA) is 78.1 Å². The van der Waals surface area contributed by atoms with Gasteiger partial charge in [0.2, 0.25) is 0 Å². The average molecular weight is 336 g/mol. The zero-order valence-electron chi connectivity index (χ0n) is 14.1. The van der Waals surface area contributed by atoms with Gasteiger partial charge in [-0.2, -0.15) is 0 Å². The minimum absolute atomic E-state index is 0.00606. The highest BCUT2D eigenvalue weighted by molar-refractivity contribution is 5.97. The molecule has 0 saturated heterocycles. The molecule has 1 aliphatic rings. The molecule has 0 aliphatic heterocycles. The zero-order chi connectivity index (χ0) is 18.0. The molecule has 0 amide bonds. The molecule has 0 fully saturated rings. The van der Waals surface area contributed by atoms with E-state index in [4.69, 9.17) is 0 Å². The number of hydrogen-bond donors (Lipinski definition) is 0. The van der Waals surface area contributed by atoms with Crippen LogP contribution in [0.5, 0.6) is 0 Å². The van der Waals surface area contributed by atoms with Gasteiger partial charge < -0.3 is 0 Å². The molecule has 0 radical (unpaired) electrons. The average Bonchev–Trinajstić information content (AvgIpc) is 2.94. The van der Waals surface area contributed by atoms with Gasteiger partial charge in [-0.1, -0.05) is 30.7 Å². The van der Waals surface area contributed by atoms with Gasteiger partial charge in [-0.15, -0.1) is 0 Å². The van der Waals surface area contributed by atoms with Gasteiger partial charge in [0.15, 0.2) is 0 Å². The largest absolute Gasteiger partial charge is 0.277 e. The summed E-state index contributed by atoms with van der Waals surface area (Å²) in [6, 6.07) is 2.39. The maximum Gasteiger partial charge on any atom is 0.262 e. The number of hydrogen-bond acceptors (Lipinski definition) is 4. The Bertz CT molecular complexity index is 1230. The summed E-state index contributed by atoms with van der Waals surface area (Å²) in [5.74, 6) is -0.00606.